The van der Waals surface area contributed by atoms with Crippen LogP contribution in [0, 0.1) is 20.8 Å². The van der Waals surface area contributed by atoms with E-state index in [0.717, 1.165) is 22.3 Å². The summed E-state index contributed by atoms with van der Waals surface area (Å²) < 4.78 is 12.1. The van der Waals surface area contributed by atoms with Crippen molar-refractivity contribution in [3.63, 3.8) is 0 Å². The molecule has 0 radical (unpaired) electrons. The second-order valence-electron chi connectivity index (χ2n) is 7.84. The van der Waals surface area contributed by atoms with Crippen molar-refractivity contribution in [2.24, 2.45) is 5.10 Å². The highest BCUT2D eigenvalue weighted by Crippen LogP contribution is 2.36. The molecule has 0 aromatic heterocycles. The monoisotopic (exact) mass is 523 g/mol. The molecule has 0 aliphatic heterocycles. The number of rotatable bonds is 7. The Labute approximate surface area is 207 Å². The van der Waals surface area contributed by atoms with Crippen LogP contribution in [0.1, 0.15) is 27.8 Å². The third-order valence-corrected chi connectivity index (χ3v) is 5.37. The Bertz CT molecular complexity index is 1220. The maximum absolute atomic E-state index is 12.1. The van der Waals surface area contributed by atoms with E-state index in [0.29, 0.717) is 33.8 Å². The molecule has 0 heterocycles. The highest BCUT2D eigenvalue weighted by molar-refractivity contribution is 9.10. The largest absolute Gasteiger partial charge is 0.493 e. The summed E-state index contributed by atoms with van der Waals surface area (Å²) in [5.74, 6) is -0.624. The minimum absolute atomic E-state index is 0.385. The van der Waals surface area contributed by atoms with Gasteiger partial charge in [-0.2, -0.15) is 5.10 Å². The molecule has 0 atom stereocenters. The van der Waals surface area contributed by atoms with Crippen molar-refractivity contribution in [3.05, 3.63) is 86.9 Å². The smallest absolute Gasteiger partial charge is 0.329 e. The summed E-state index contributed by atoms with van der Waals surface area (Å²) >= 11 is 3.50. The zero-order valence-corrected chi connectivity index (χ0v) is 21.0. The van der Waals surface area contributed by atoms with Gasteiger partial charge in [-0.25, -0.2) is 5.43 Å². The molecule has 7 nitrogen and oxygen atoms in total. The number of nitrogens with one attached hydrogen (secondary N) is 2. The van der Waals surface area contributed by atoms with Crippen LogP contribution in [0.15, 0.2) is 64.2 Å². The molecule has 0 bridgehead atoms. The fourth-order valence-corrected chi connectivity index (χ4v) is 3.94. The predicted molar refractivity (Wildman–Crippen MR) is 136 cm³/mol. The number of hydrazone groups is 1. The van der Waals surface area contributed by atoms with Crippen molar-refractivity contribution in [2.45, 2.75) is 27.4 Å². The molecule has 0 spiro atoms. The first kappa shape index (κ1) is 25.0. The normalized spacial score (nSPS) is 10.7. The molecule has 8 heteroatoms. The Balaban J connectivity index is 1.63. The second-order valence-corrected chi connectivity index (χ2v) is 8.70. The van der Waals surface area contributed by atoms with E-state index in [4.69, 9.17) is 9.47 Å². The molecule has 0 fully saturated rings. The number of amides is 2. The molecule has 0 saturated carbocycles. The number of halogens is 1. The number of hydrogen-bond donors (Lipinski definition) is 2. The van der Waals surface area contributed by atoms with Gasteiger partial charge in [0.05, 0.1) is 17.8 Å². The highest BCUT2D eigenvalue weighted by atomic mass is 79.9. The molecule has 3 rings (SSSR count). The zero-order valence-electron chi connectivity index (χ0n) is 19.4. The lowest BCUT2D eigenvalue weighted by Crippen LogP contribution is -2.32. The fourth-order valence-electron chi connectivity index (χ4n) is 3.36. The standard InChI is InChI=1S/C26H26BrN3O4/c1-16-6-5-7-19(9-16)15-34-24-22(27)12-20(13-23(24)33-4)14-28-30-26(32)25(31)29-21-10-17(2)8-18(3)11-21/h5-14H,15H2,1-4H3,(H,29,31)(H,30,32)/b28-14+. The van der Waals surface area contributed by atoms with E-state index < -0.39 is 11.8 Å². The van der Waals surface area contributed by atoms with E-state index in [-0.39, 0.29) is 0 Å². The van der Waals surface area contributed by atoms with Crippen molar-refractivity contribution in [3.8, 4) is 11.5 Å². The molecule has 2 amide bonds. The molecule has 0 saturated heterocycles. The molecular formula is C26H26BrN3O4. The number of hydrogen-bond acceptors (Lipinski definition) is 5. The summed E-state index contributed by atoms with van der Waals surface area (Å²) in [4.78, 5) is 24.3. The van der Waals surface area contributed by atoms with Gasteiger partial charge in [0.15, 0.2) is 11.5 Å². The van der Waals surface area contributed by atoms with Crippen molar-refractivity contribution in [1.29, 1.82) is 0 Å². The number of ether oxygens (including phenoxy) is 2. The lowest BCUT2D eigenvalue weighted by Gasteiger charge is -2.14. The topological polar surface area (TPSA) is 89.0 Å². The van der Waals surface area contributed by atoms with Crippen LogP contribution in [0.2, 0.25) is 0 Å². The van der Waals surface area contributed by atoms with Gasteiger partial charge in [-0.1, -0.05) is 35.9 Å². The molecule has 3 aromatic rings. The number of anilines is 1. The van der Waals surface area contributed by atoms with Gasteiger partial charge < -0.3 is 14.8 Å². The summed E-state index contributed by atoms with van der Waals surface area (Å²) in [6.07, 6.45) is 1.42. The fraction of sp³-hybridized carbons (Fsp3) is 0.192. The van der Waals surface area contributed by atoms with Crippen LogP contribution in [0.3, 0.4) is 0 Å². The molecule has 0 unspecified atom stereocenters. The van der Waals surface area contributed by atoms with Crippen LogP contribution in [-0.4, -0.2) is 25.1 Å². The van der Waals surface area contributed by atoms with E-state index in [2.05, 4.69) is 37.8 Å². The van der Waals surface area contributed by atoms with Gasteiger partial charge in [0.2, 0.25) is 0 Å². The average Bonchev–Trinajstić information content (AvgIpc) is 2.77. The quantitative estimate of drug-likeness (QED) is 0.257. The molecule has 176 valence electrons. The minimum atomic E-state index is -0.875. The maximum atomic E-state index is 12.1. The maximum Gasteiger partial charge on any atom is 0.329 e. The van der Waals surface area contributed by atoms with Crippen molar-refractivity contribution in [1.82, 2.24) is 5.43 Å². The second kappa shape index (κ2) is 11.5. The first-order valence-electron chi connectivity index (χ1n) is 10.5. The number of aryl methyl sites for hydroxylation is 3. The van der Waals surface area contributed by atoms with E-state index in [1.165, 1.54) is 6.21 Å². The molecule has 0 aliphatic carbocycles. The van der Waals surface area contributed by atoms with E-state index in [9.17, 15) is 9.59 Å². The number of nitrogens with zero attached hydrogens (tertiary/aromatic N) is 1. The first-order chi connectivity index (χ1) is 16.2. The summed E-state index contributed by atoms with van der Waals surface area (Å²) in [5.41, 5.74) is 7.60. The Morgan fingerprint density at radius 1 is 0.971 bits per heavy atom. The summed E-state index contributed by atoms with van der Waals surface area (Å²) in [6, 6.07) is 17.1. The Morgan fingerprint density at radius 3 is 2.38 bits per heavy atom. The zero-order chi connectivity index (χ0) is 24.7. The van der Waals surface area contributed by atoms with E-state index in [1.54, 1.807) is 31.4 Å². The number of benzene rings is 3. The Hall–Kier alpha value is -3.65. The lowest BCUT2D eigenvalue weighted by molar-refractivity contribution is -0.136. The molecule has 3 aromatic carbocycles. The highest BCUT2D eigenvalue weighted by Gasteiger charge is 2.14. The van der Waals surface area contributed by atoms with Crippen LogP contribution in [-0.2, 0) is 16.2 Å². The third-order valence-electron chi connectivity index (χ3n) is 4.78. The van der Waals surface area contributed by atoms with Crippen molar-refractivity contribution < 1.29 is 19.1 Å². The van der Waals surface area contributed by atoms with Gasteiger partial charge in [-0.05, 0) is 83.2 Å². The van der Waals surface area contributed by atoms with Crippen LogP contribution in [0.4, 0.5) is 5.69 Å². The summed E-state index contributed by atoms with van der Waals surface area (Å²) in [7, 11) is 1.54. The Morgan fingerprint density at radius 2 is 1.71 bits per heavy atom. The Kier molecular flexibility index (Phi) is 8.43. The molecular weight excluding hydrogens is 498 g/mol. The van der Waals surface area contributed by atoms with Gasteiger partial charge in [0, 0.05) is 5.69 Å². The summed E-state index contributed by atoms with van der Waals surface area (Å²) in [5, 5.41) is 6.46. The summed E-state index contributed by atoms with van der Waals surface area (Å²) in [6.45, 7) is 6.24. The van der Waals surface area contributed by atoms with E-state index >= 15 is 0 Å². The number of methoxy groups -OCH3 is 1. The van der Waals surface area contributed by atoms with Gasteiger partial charge in [0.25, 0.3) is 0 Å². The van der Waals surface area contributed by atoms with Crippen LogP contribution in [0.25, 0.3) is 0 Å². The molecule has 0 aliphatic rings. The van der Waals surface area contributed by atoms with Crippen LogP contribution in [0.5, 0.6) is 11.5 Å². The van der Waals surface area contributed by atoms with Crippen LogP contribution < -0.4 is 20.2 Å². The number of carbonyl (C=O) groups excluding carboxylic acids is 2. The van der Waals surface area contributed by atoms with Crippen molar-refractivity contribution in [2.75, 3.05) is 12.4 Å². The lowest BCUT2D eigenvalue weighted by atomic mass is 10.1. The van der Waals surface area contributed by atoms with Gasteiger partial charge >= 0.3 is 11.8 Å². The molecule has 2 N–H and O–H groups in total. The van der Waals surface area contributed by atoms with Crippen LogP contribution >= 0.6 is 15.9 Å². The van der Waals surface area contributed by atoms with Gasteiger partial charge in [-0.3, -0.25) is 9.59 Å². The average molecular weight is 524 g/mol. The number of carbonyl (C=O) groups is 2. The van der Waals surface area contributed by atoms with Gasteiger partial charge in [0.1, 0.15) is 6.61 Å². The van der Waals surface area contributed by atoms with Gasteiger partial charge in [-0.15, -0.1) is 0 Å². The third kappa shape index (κ3) is 6.92. The molecule has 34 heavy (non-hydrogen) atoms. The minimum Gasteiger partial charge on any atom is -0.493 e. The van der Waals surface area contributed by atoms with Crippen molar-refractivity contribution >= 4 is 39.6 Å². The van der Waals surface area contributed by atoms with E-state index in [1.807, 2.05) is 45.0 Å². The SMILES string of the molecule is COc1cc(/C=N/NC(=O)C(=O)Nc2cc(C)cc(C)c2)cc(Br)c1OCc1cccc(C)c1. The predicted octanol–water partition coefficient (Wildman–Crippen LogP) is 5.05. The first-order valence-corrected chi connectivity index (χ1v) is 11.3.